The molecular weight excluding hydrogens is 454 g/mol. The largest absolute Gasteiger partial charge is 0.383 e. The average molecular weight is 478 g/mol. The first kappa shape index (κ1) is 22.0. The molecule has 1 aliphatic carbocycles. The van der Waals surface area contributed by atoms with Crippen LogP contribution in [0.3, 0.4) is 0 Å². The van der Waals surface area contributed by atoms with Crippen LogP contribution < -0.4 is 16.2 Å². The third kappa shape index (κ3) is 4.69. The highest BCUT2D eigenvalue weighted by Crippen LogP contribution is 2.40. The number of nitrogen functional groups attached to an aromatic ring is 1. The SMILES string of the molecule is CC1CCc2c(sc3nc(SC(C)C(=O)Nc4cccc(S(N)(=O)=O)c4)nc(N)c23)C1. The van der Waals surface area contributed by atoms with Gasteiger partial charge in [0.2, 0.25) is 15.9 Å². The molecule has 164 valence electrons. The lowest BCUT2D eigenvalue weighted by Gasteiger charge is -2.17. The number of nitrogens with zero attached hydrogens (tertiary/aromatic N) is 2. The Morgan fingerprint density at radius 2 is 2.13 bits per heavy atom. The molecule has 1 aromatic carbocycles. The van der Waals surface area contributed by atoms with Gasteiger partial charge in [0.25, 0.3) is 0 Å². The standard InChI is InChI=1S/C20H23N5O3S3/c1-10-6-7-14-15(8-10)30-19-16(14)17(21)24-20(25-19)29-11(2)18(26)23-12-4-3-5-13(9-12)31(22,27)28/h3-5,9-11H,6-8H2,1-2H3,(H,23,26)(H2,21,24,25)(H2,22,27,28). The van der Waals surface area contributed by atoms with Crippen molar-refractivity contribution in [3.8, 4) is 0 Å². The Morgan fingerprint density at radius 3 is 2.87 bits per heavy atom. The highest BCUT2D eigenvalue weighted by molar-refractivity contribution is 8.00. The van der Waals surface area contributed by atoms with Crippen molar-refractivity contribution in [2.75, 3.05) is 11.1 Å². The van der Waals surface area contributed by atoms with E-state index in [2.05, 4.69) is 22.2 Å². The molecule has 1 aliphatic rings. The molecule has 3 aromatic rings. The van der Waals surface area contributed by atoms with Gasteiger partial charge in [-0.2, -0.15) is 0 Å². The average Bonchev–Trinajstić information content (AvgIpc) is 3.05. The number of anilines is 2. The highest BCUT2D eigenvalue weighted by atomic mass is 32.2. The van der Waals surface area contributed by atoms with Crippen LogP contribution in [0.4, 0.5) is 11.5 Å². The lowest BCUT2D eigenvalue weighted by Crippen LogP contribution is -2.23. The summed E-state index contributed by atoms with van der Waals surface area (Å²) in [7, 11) is -3.85. The molecule has 4 rings (SSSR count). The van der Waals surface area contributed by atoms with Crippen molar-refractivity contribution in [1.29, 1.82) is 0 Å². The fourth-order valence-electron chi connectivity index (χ4n) is 3.61. The van der Waals surface area contributed by atoms with Crippen LogP contribution in [0.15, 0.2) is 34.3 Å². The molecular formula is C20H23N5O3S3. The van der Waals surface area contributed by atoms with Crippen molar-refractivity contribution in [3.63, 3.8) is 0 Å². The molecule has 0 bridgehead atoms. The van der Waals surface area contributed by atoms with E-state index in [-0.39, 0.29) is 10.8 Å². The molecule has 2 aromatic heterocycles. The predicted octanol–water partition coefficient (Wildman–Crippen LogP) is 3.17. The number of rotatable bonds is 5. The monoisotopic (exact) mass is 477 g/mol. The number of hydrogen-bond acceptors (Lipinski definition) is 8. The number of nitrogens with one attached hydrogen (secondary N) is 1. The highest BCUT2D eigenvalue weighted by Gasteiger charge is 2.24. The molecule has 0 radical (unpaired) electrons. The van der Waals surface area contributed by atoms with Gasteiger partial charge in [-0.3, -0.25) is 4.79 Å². The first-order chi connectivity index (χ1) is 14.6. The molecule has 2 heterocycles. The predicted molar refractivity (Wildman–Crippen MR) is 125 cm³/mol. The van der Waals surface area contributed by atoms with E-state index >= 15 is 0 Å². The van der Waals surface area contributed by atoms with Crippen LogP contribution in [0.5, 0.6) is 0 Å². The Hall–Kier alpha value is -2.21. The second-order valence-electron chi connectivity index (χ2n) is 7.75. The Kier molecular flexibility index (Phi) is 5.95. The lowest BCUT2D eigenvalue weighted by atomic mass is 9.89. The molecule has 2 atom stereocenters. The number of nitrogens with two attached hydrogens (primary N) is 2. The van der Waals surface area contributed by atoms with E-state index in [1.807, 2.05) is 0 Å². The molecule has 0 fully saturated rings. The van der Waals surface area contributed by atoms with Gasteiger partial charge in [-0.05, 0) is 55.9 Å². The number of thioether (sulfide) groups is 1. The van der Waals surface area contributed by atoms with Gasteiger partial charge in [0, 0.05) is 10.6 Å². The summed E-state index contributed by atoms with van der Waals surface area (Å²) in [5.74, 6) is 0.797. The maximum atomic E-state index is 12.6. The number of aromatic nitrogens is 2. The zero-order valence-corrected chi connectivity index (χ0v) is 19.5. The van der Waals surface area contributed by atoms with E-state index in [4.69, 9.17) is 10.9 Å². The van der Waals surface area contributed by atoms with Crippen molar-refractivity contribution in [2.24, 2.45) is 11.1 Å². The van der Waals surface area contributed by atoms with Crippen molar-refractivity contribution in [2.45, 2.75) is 48.4 Å². The first-order valence-electron chi connectivity index (χ1n) is 9.80. The summed E-state index contributed by atoms with van der Waals surface area (Å²) in [6.45, 7) is 3.98. The molecule has 0 spiro atoms. The van der Waals surface area contributed by atoms with Crippen molar-refractivity contribution in [3.05, 3.63) is 34.7 Å². The van der Waals surface area contributed by atoms with Gasteiger partial charge in [0.1, 0.15) is 10.6 Å². The number of primary sulfonamides is 1. The van der Waals surface area contributed by atoms with Crippen LogP contribution in [0.1, 0.15) is 30.7 Å². The Bertz CT molecular complexity index is 1270. The first-order valence-corrected chi connectivity index (χ1v) is 13.0. The van der Waals surface area contributed by atoms with Crippen LogP contribution in [-0.2, 0) is 27.7 Å². The van der Waals surface area contributed by atoms with Crippen LogP contribution in [0, 0.1) is 5.92 Å². The number of sulfonamides is 1. The number of fused-ring (bicyclic) bond motifs is 3. The molecule has 0 saturated heterocycles. The van der Waals surface area contributed by atoms with Gasteiger partial charge >= 0.3 is 0 Å². The van der Waals surface area contributed by atoms with Gasteiger partial charge < -0.3 is 11.1 Å². The van der Waals surface area contributed by atoms with Gasteiger partial charge in [-0.15, -0.1) is 11.3 Å². The van der Waals surface area contributed by atoms with Crippen LogP contribution >= 0.6 is 23.1 Å². The third-order valence-corrected chi connectivity index (χ3v) is 8.26. The summed E-state index contributed by atoms with van der Waals surface area (Å²) in [6.07, 6.45) is 3.17. The second-order valence-corrected chi connectivity index (χ2v) is 11.7. The van der Waals surface area contributed by atoms with Gasteiger partial charge in [-0.1, -0.05) is 24.8 Å². The van der Waals surface area contributed by atoms with Crippen LogP contribution in [0.2, 0.25) is 0 Å². The molecule has 5 N–H and O–H groups in total. The number of aryl methyl sites for hydroxylation is 1. The minimum Gasteiger partial charge on any atom is -0.383 e. The molecule has 8 nitrogen and oxygen atoms in total. The zero-order valence-electron chi connectivity index (χ0n) is 17.1. The van der Waals surface area contributed by atoms with E-state index < -0.39 is 15.3 Å². The smallest absolute Gasteiger partial charge is 0.238 e. The Morgan fingerprint density at radius 1 is 1.35 bits per heavy atom. The number of benzene rings is 1. The van der Waals surface area contributed by atoms with E-state index in [0.29, 0.717) is 22.6 Å². The maximum Gasteiger partial charge on any atom is 0.238 e. The van der Waals surface area contributed by atoms with Gasteiger partial charge in [0.15, 0.2) is 5.16 Å². The van der Waals surface area contributed by atoms with Gasteiger partial charge in [0.05, 0.1) is 15.5 Å². The summed E-state index contributed by atoms with van der Waals surface area (Å²) in [4.78, 5) is 23.8. The molecule has 0 aliphatic heterocycles. The molecule has 0 saturated carbocycles. The van der Waals surface area contributed by atoms with Crippen LogP contribution in [-0.4, -0.2) is 29.5 Å². The number of thiophene rings is 1. The lowest BCUT2D eigenvalue weighted by molar-refractivity contribution is -0.115. The quantitative estimate of drug-likeness (QED) is 0.378. The van der Waals surface area contributed by atoms with Gasteiger partial charge in [-0.25, -0.2) is 23.5 Å². The molecule has 31 heavy (non-hydrogen) atoms. The van der Waals surface area contributed by atoms with E-state index in [1.54, 1.807) is 24.3 Å². The second kappa shape index (κ2) is 8.38. The minimum atomic E-state index is -3.85. The maximum absolute atomic E-state index is 12.6. The number of hydrogen-bond donors (Lipinski definition) is 3. The fourth-order valence-corrected chi connectivity index (χ4v) is 6.39. The summed E-state index contributed by atoms with van der Waals surface area (Å²) < 4.78 is 23.0. The molecule has 2 unspecified atom stereocenters. The Labute approximate surface area is 188 Å². The number of carbonyl (C=O) groups is 1. The zero-order chi connectivity index (χ0) is 22.3. The minimum absolute atomic E-state index is 0.0665. The molecule has 1 amide bonds. The Balaban J connectivity index is 1.52. The van der Waals surface area contributed by atoms with Crippen molar-refractivity contribution in [1.82, 2.24) is 9.97 Å². The fraction of sp³-hybridized carbons (Fsp3) is 0.350. The number of carbonyl (C=O) groups excluding carboxylic acids is 1. The van der Waals surface area contributed by atoms with Crippen molar-refractivity contribution < 1.29 is 13.2 Å². The topological polar surface area (TPSA) is 141 Å². The summed E-state index contributed by atoms with van der Waals surface area (Å²) in [5.41, 5.74) is 7.88. The summed E-state index contributed by atoms with van der Waals surface area (Å²) in [6, 6.07) is 5.81. The van der Waals surface area contributed by atoms with E-state index in [9.17, 15) is 13.2 Å². The van der Waals surface area contributed by atoms with E-state index in [0.717, 1.165) is 29.5 Å². The van der Waals surface area contributed by atoms with Crippen LogP contribution in [0.25, 0.3) is 10.2 Å². The summed E-state index contributed by atoms with van der Waals surface area (Å²) in [5, 5.41) is 8.73. The van der Waals surface area contributed by atoms with Crippen molar-refractivity contribution >= 4 is 60.8 Å². The molecule has 11 heteroatoms. The normalized spacial score (nSPS) is 17.3. The number of amides is 1. The third-order valence-electron chi connectivity index (χ3n) is 5.24. The summed E-state index contributed by atoms with van der Waals surface area (Å²) >= 11 is 2.87. The van der Waals surface area contributed by atoms with E-state index in [1.165, 1.54) is 40.4 Å².